The molecule has 0 aromatic heterocycles. The number of benzene rings is 4. The Kier molecular flexibility index (Phi) is 4.22. The summed E-state index contributed by atoms with van der Waals surface area (Å²) in [5.74, 6) is -1.39. The molecule has 0 aliphatic rings. The summed E-state index contributed by atoms with van der Waals surface area (Å²) in [6, 6.07) is 21.7. The molecule has 0 aliphatic carbocycles. The third kappa shape index (κ3) is 3.09. The van der Waals surface area contributed by atoms with Crippen molar-refractivity contribution in [1.82, 2.24) is 0 Å². The van der Waals surface area contributed by atoms with Gasteiger partial charge in [-0.15, -0.1) is 0 Å². The Bertz CT molecular complexity index is 1120. The lowest BCUT2D eigenvalue weighted by molar-refractivity contribution is 0.591. The molecule has 0 saturated carbocycles. The molecule has 2 nitrogen and oxygen atoms in total. The van der Waals surface area contributed by atoms with Crippen molar-refractivity contribution < 1.29 is 8.78 Å². The molecule has 4 rings (SSSR count). The Balaban J connectivity index is 1.68. The summed E-state index contributed by atoms with van der Waals surface area (Å²) >= 11 is 5.24. The molecular weight excluding hydrogens is 350 g/mol. The number of hydrogen-bond donors (Lipinski definition) is 2. The molecule has 0 aliphatic heterocycles. The number of rotatable bonds is 2. The van der Waals surface area contributed by atoms with Crippen molar-refractivity contribution in [2.45, 2.75) is 0 Å². The molecule has 0 heterocycles. The summed E-state index contributed by atoms with van der Waals surface area (Å²) in [6.07, 6.45) is 0. The van der Waals surface area contributed by atoms with E-state index in [4.69, 9.17) is 12.2 Å². The van der Waals surface area contributed by atoms with E-state index in [1.165, 1.54) is 18.2 Å². The summed E-state index contributed by atoms with van der Waals surface area (Å²) in [6.45, 7) is 0. The first-order valence-electron chi connectivity index (χ1n) is 8.05. The van der Waals surface area contributed by atoms with Crippen molar-refractivity contribution in [3.8, 4) is 0 Å². The minimum atomic E-state index is -0.696. The zero-order valence-electron chi connectivity index (χ0n) is 13.6. The minimum absolute atomic E-state index is 0.120. The second-order valence-electron chi connectivity index (χ2n) is 5.90. The Morgan fingerprint density at radius 2 is 1.31 bits per heavy atom. The Hall–Kier alpha value is -3.05. The van der Waals surface area contributed by atoms with Crippen molar-refractivity contribution >= 4 is 50.2 Å². The Morgan fingerprint density at radius 3 is 2.04 bits per heavy atom. The maximum Gasteiger partial charge on any atom is 0.175 e. The fraction of sp³-hybridized carbons (Fsp3) is 0. The third-order valence-corrected chi connectivity index (χ3v) is 4.40. The highest BCUT2D eigenvalue weighted by Crippen LogP contribution is 2.29. The van der Waals surface area contributed by atoms with Gasteiger partial charge in [0.2, 0.25) is 0 Å². The highest BCUT2D eigenvalue weighted by Gasteiger charge is 2.11. The van der Waals surface area contributed by atoms with E-state index < -0.39 is 11.6 Å². The molecule has 0 fully saturated rings. The van der Waals surface area contributed by atoms with Gasteiger partial charge in [-0.1, -0.05) is 42.5 Å². The average molecular weight is 364 g/mol. The van der Waals surface area contributed by atoms with Gasteiger partial charge in [-0.2, -0.15) is 0 Å². The summed E-state index contributed by atoms with van der Waals surface area (Å²) in [4.78, 5) is 0. The lowest BCUT2D eigenvalue weighted by atomic mass is 10.0. The van der Waals surface area contributed by atoms with Crippen molar-refractivity contribution in [2.24, 2.45) is 0 Å². The summed E-state index contributed by atoms with van der Waals surface area (Å²) in [7, 11) is 0. The Morgan fingerprint density at radius 1 is 0.692 bits per heavy atom. The van der Waals surface area contributed by atoms with Crippen LogP contribution in [-0.2, 0) is 0 Å². The van der Waals surface area contributed by atoms with Gasteiger partial charge < -0.3 is 10.6 Å². The molecule has 4 aromatic rings. The minimum Gasteiger partial charge on any atom is -0.332 e. The zero-order chi connectivity index (χ0) is 18.1. The average Bonchev–Trinajstić information content (AvgIpc) is 2.64. The first-order chi connectivity index (χ1) is 12.6. The SMILES string of the molecule is Fc1cccc(F)c1NC(=S)Nc1cccc2cc3ccccc3cc12. The van der Waals surface area contributed by atoms with Gasteiger partial charge in [0.05, 0.1) is 0 Å². The number of para-hydroxylation sites is 1. The maximum absolute atomic E-state index is 13.8. The van der Waals surface area contributed by atoms with Crippen LogP contribution in [0.25, 0.3) is 21.5 Å². The zero-order valence-corrected chi connectivity index (χ0v) is 14.4. The van der Waals surface area contributed by atoms with Crippen molar-refractivity contribution in [3.63, 3.8) is 0 Å². The van der Waals surface area contributed by atoms with Gasteiger partial charge in [0.1, 0.15) is 17.3 Å². The van der Waals surface area contributed by atoms with E-state index in [-0.39, 0.29) is 10.8 Å². The molecule has 0 saturated heterocycles. The summed E-state index contributed by atoms with van der Waals surface area (Å²) < 4.78 is 27.6. The first-order valence-corrected chi connectivity index (χ1v) is 8.46. The summed E-state index contributed by atoms with van der Waals surface area (Å²) in [5.41, 5.74) is 0.498. The highest BCUT2D eigenvalue weighted by molar-refractivity contribution is 7.80. The third-order valence-electron chi connectivity index (χ3n) is 4.20. The molecule has 4 aromatic carbocycles. The van der Waals surface area contributed by atoms with Crippen molar-refractivity contribution in [1.29, 1.82) is 0 Å². The summed E-state index contributed by atoms with van der Waals surface area (Å²) in [5, 5.41) is 10.0. The van der Waals surface area contributed by atoms with Gasteiger partial charge in [0.15, 0.2) is 5.11 Å². The molecule has 26 heavy (non-hydrogen) atoms. The van der Waals surface area contributed by atoms with E-state index in [2.05, 4.69) is 28.8 Å². The van der Waals surface area contributed by atoms with Crippen LogP contribution in [0.15, 0.2) is 72.8 Å². The van der Waals surface area contributed by atoms with Crippen molar-refractivity contribution in [3.05, 3.63) is 84.4 Å². The second-order valence-corrected chi connectivity index (χ2v) is 6.31. The quantitative estimate of drug-likeness (QED) is 0.333. The molecule has 0 spiro atoms. The molecule has 5 heteroatoms. The number of anilines is 2. The normalized spacial score (nSPS) is 10.8. The van der Waals surface area contributed by atoms with Crippen LogP contribution >= 0.6 is 12.2 Å². The molecular formula is C21H14F2N2S. The number of thiocarbonyl (C=S) groups is 1. The van der Waals surface area contributed by atoms with Gasteiger partial charge in [0, 0.05) is 11.1 Å². The molecule has 0 bridgehead atoms. The lowest BCUT2D eigenvalue weighted by Gasteiger charge is -2.14. The lowest BCUT2D eigenvalue weighted by Crippen LogP contribution is -2.20. The number of nitrogens with one attached hydrogen (secondary N) is 2. The second kappa shape index (κ2) is 6.69. The van der Waals surface area contributed by atoms with Crippen LogP contribution in [0.5, 0.6) is 0 Å². The fourth-order valence-electron chi connectivity index (χ4n) is 2.96. The van der Waals surface area contributed by atoms with E-state index in [1.54, 1.807) is 0 Å². The van der Waals surface area contributed by atoms with Gasteiger partial charge in [-0.25, -0.2) is 8.78 Å². The first kappa shape index (κ1) is 16.4. The highest BCUT2D eigenvalue weighted by atomic mass is 32.1. The fourth-order valence-corrected chi connectivity index (χ4v) is 3.17. The largest absolute Gasteiger partial charge is 0.332 e. The smallest absolute Gasteiger partial charge is 0.175 e. The van der Waals surface area contributed by atoms with Gasteiger partial charge in [0.25, 0.3) is 0 Å². The molecule has 0 atom stereocenters. The molecule has 0 amide bonds. The predicted octanol–water partition coefficient (Wildman–Crippen LogP) is 6.08. The number of halogens is 2. The van der Waals surface area contributed by atoms with Crippen LogP contribution in [-0.4, -0.2) is 5.11 Å². The molecule has 0 unspecified atom stereocenters. The van der Waals surface area contributed by atoms with E-state index in [1.807, 2.05) is 36.4 Å². The maximum atomic E-state index is 13.8. The van der Waals surface area contributed by atoms with Crippen LogP contribution < -0.4 is 10.6 Å². The monoisotopic (exact) mass is 364 g/mol. The Labute approximate surface area is 154 Å². The van der Waals surface area contributed by atoms with E-state index >= 15 is 0 Å². The van der Waals surface area contributed by atoms with E-state index in [0.29, 0.717) is 0 Å². The molecule has 0 radical (unpaired) electrons. The predicted molar refractivity (Wildman–Crippen MR) is 108 cm³/mol. The van der Waals surface area contributed by atoms with Crippen LogP contribution in [0.4, 0.5) is 20.2 Å². The molecule has 2 N–H and O–H groups in total. The van der Waals surface area contributed by atoms with E-state index in [9.17, 15) is 8.78 Å². The van der Waals surface area contributed by atoms with Crippen LogP contribution in [0, 0.1) is 11.6 Å². The number of fused-ring (bicyclic) bond motifs is 2. The van der Waals surface area contributed by atoms with Gasteiger partial charge in [-0.05, 0) is 58.7 Å². The van der Waals surface area contributed by atoms with Gasteiger partial charge in [-0.3, -0.25) is 0 Å². The van der Waals surface area contributed by atoms with Gasteiger partial charge >= 0.3 is 0 Å². The van der Waals surface area contributed by atoms with Crippen LogP contribution in [0.2, 0.25) is 0 Å². The van der Waals surface area contributed by atoms with Crippen LogP contribution in [0.3, 0.4) is 0 Å². The van der Waals surface area contributed by atoms with E-state index in [0.717, 1.165) is 27.2 Å². The standard InChI is InChI=1S/C21H14F2N2S/c22-17-8-4-9-18(23)20(17)25-21(26)24-19-10-3-7-15-11-13-5-1-2-6-14(13)12-16(15)19/h1-12H,(H2,24,25,26). The van der Waals surface area contributed by atoms with Crippen molar-refractivity contribution in [2.75, 3.05) is 10.6 Å². The van der Waals surface area contributed by atoms with Crippen LogP contribution in [0.1, 0.15) is 0 Å². The topological polar surface area (TPSA) is 24.1 Å². The molecule has 128 valence electrons. The number of hydrogen-bond acceptors (Lipinski definition) is 1.